The Labute approximate surface area is 333 Å². The minimum atomic E-state index is 0.313. The average molecular weight is 747 g/mol. The van der Waals surface area contributed by atoms with Crippen molar-refractivity contribution >= 4 is 91.3 Å². The van der Waals surface area contributed by atoms with Gasteiger partial charge in [0.2, 0.25) is 0 Å². The summed E-state index contributed by atoms with van der Waals surface area (Å²) in [5, 5.41) is 12.0. The van der Waals surface area contributed by atoms with Crippen LogP contribution in [-0.4, -0.2) is 0 Å². The van der Waals surface area contributed by atoms with Crippen LogP contribution in [-0.2, 0) is 0 Å². The van der Waals surface area contributed by atoms with Crippen LogP contribution in [0.2, 0.25) is 0 Å². The maximum atomic E-state index is 2.49. The van der Waals surface area contributed by atoms with Gasteiger partial charge < -0.3 is 0 Å². The van der Waals surface area contributed by atoms with Gasteiger partial charge in [0.15, 0.2) is 0 Å². The molecule has 9 aromatic carbocycles. The molecule has 2 heteroatoms. The van der Waals surface area contributed by atoms with Crippen LogP contribution < -0.4 is 0 Å². The minimum Gasteiger partial charge on any atom is -0.138 e. The third kappa shape index (κ3) is 4.83. The van der Waals surface area contributed by atoms with Gasteiger partial charge in [-0.3, -0.25) is 0 Å². The van der Waals surface area contributed by atoms with Crippen molar-refractivity contribution in [3.63, 3.8) is 0 Å². The summed E-state index contributed by atoms with van der Waals surface area (Å²) in [6.45, 7) is 0. The lowest BCUT2D eigenvalue weighted by molar-refractivity contribution is 0.842. The van der Waals surface area contributed by atoms with Crippen LogP contribution in [0.15, 0.2) is 182 Å². The fourth-order valence-corrected chi connectivity index (χ4v) is 12.3. The van der Waals surface area contributed by atoms with E-state index >= 15 is 0 Å². The molecule has 11 aromatic rings. The van der Waals surface area contributed by atoms with Gasteiger partial charge in [-0.15, -0.1) is 22.7 Å². The molecule has 0 spiro atoms. The van der Waals surface area contributed by atoms with Gasteiger partial charge in [0.1, 0.15) is 0 Å². The number of hydrogen-bond donors (Lipinski definition) is 0. The monoisotopic (exact) mass is 746 g/mol. The second kappa shape index (κ2) is 12.6. The van der Waals surface area contributed by atoms with E-state index in [1.165, 1.54) is 112 Å². The molecule has 12 rings (SSSR count). The maximum absolute atomic E-state index is 2.49. The van der Waals surface area contributed by atoms with E-state index in [0.717, 1.165) is 6.42 Å². The van der Waals surface area contributed by atoms with Crippen LogP contribution in [0.5, 0.6) is 0 Å². The zero-order valence-corrected chi connectivity index (χ0v) is 32.1. The van der Waals surface area contributed by atoms with Crippen LogP contribution in [0.25, 0.3) is 102 Å². The van der Waals surface area contributed by atoms with E-state index in [4.69, 9.17) is 0 Å². The van der Waals surface area contributed by atoms with E-state index in [-0.39, 0.29) is 0 Å². The fourth-order valence-electron chi connectivity index (χ4n) is 9.42. The Morgan fingerprint density at radius 3 is 1.48 bits per heavy atom. The molecule has 262 valence electrons. The fraction of sp³-hybridized carbons (Fsp3) is 0.0370. The Morgan fingerprint density at radius 2 is 0.839 bits per heavy atom. The van der Waals surface area contributed by atoms with Crippen LogP contribution in [0.1, 0.15) is 28.3 Å². The highest BCUT2D eigenvalue weighted by Gasteiger charge is 2.25. The summed E-state index contributed by atoms with van der Waals surface area (Å²) in [6, 6.07) is 65.5. The van der Waals surface area contributed by atoms with Gasteiger partial charge in [0.25, 0.3) is 0 Å². The molecule has 1 atom stereocenters. The minimum absolute atomic E-state index is 0.313. The van der Waals surface area contributed by atoms with E-state index in [1.54, 1.807) is 0 Å². The predicted octanol–water partition coefficient (Wildman–Crippen LogP) is 16.3. The smallest absolute Gasteiger partial charge is 0.0434 e. The number of thiophene rings is 2. The molecule has 0 saturated carbocycles. The van der Waals surface area contributed by atoms with E-state index in [1.807, 2.05) is 22.7 Å². The van der Waals surface area contributed by atoms with E-state index in [0.29, 0.717) is 5.92 Å². The van der Waals surface area contributed by atoms with Gasteiger partial charge in [-0.2, -0.15) is 0 Å². The molecule has 1 unspecified atom stereocenters. The SMILES string of the molecule is C1=Cc2c(sc3c(-c4cccc(-c5cccc6c5sc5c(-c7ccccc7)cccc56)c4)cccc23)C(c2ccc3c4ccccc4c4ccccc4c3c2)C1. The van der Waals surface area contributed by atoms with Crippen molar-refractivity contribution in [3.8, 4) is 33.4 Å². The molecular weight excluding hydrogens is 713 g/mol. The second-order valence-electron chi connectivity index (χ2n) is 15.1. The zero-order valence-electron chi connectivity index (χ0n) is 30.5. The zero-order chi connectivity index (χ0) is 36.7. The van der Waals surface area contributed by atoms with E-state index < -0.39 is 0 Å². The quantitative estimate of drug-likeness (QED) is 0.157. The highest BCUT2D eigenvalue weighted by molar-refractivity contribution is 7.27. The highest BCUT2D eigenvalue weighted by Crippen LogP contribution is 2.49. The summed E-state index contributed by atoms with van der Waals surface area (Å²) < 4.78 is 4.06. The molecule has 2 aromatic heterocycles. The first kappa shape index (κ1) is 32.0. The Bertz CT molecular complexity index is 3360. The number of benzene rings is 9. The van der Waals surface area contributed by atoms with Crippen molar-refractivity contribution in [3.05, 3.63) is 198 Å². The standard InChI is InChI=1S/C54H34S2/c1-2-13-33(14-3-1)37-21-9-25-46-47-26-10-22-38(52(47)55-51(37)46)34-15-8-16-35(31-34)39-23-11-27-48-49-28-12-24-40(54(49)56-53(39)48)36-29-30-45-43-19-5-4-17-41(43)42-18-6-7-20-44(42)50(45)32-36/h1-23,25-32,40H,24H2. The Morgan fingerprint density at radius 1 is 0.357 bits per heavy atom. The van der Waals surface area contributed by atoms with Gasteiger partial charge in [-0.1, -0.05) is 176 Å². The van der Waals surface area contributed by atoms with Gasteiger partial charge in [0, 0.05) is 41.1 Å². The summed E-state index contributed by atoms with van der Waals surface area (Å²) in [7, 11) is 0. The second-order valence-corrected chi connectivity index (χ2v) is 17.1. The lowest BCUT2D eigenvalue weighted by atomic mass is 9.85. The number of rotatable bonds is 4. The molecule has 1 aliphatic carbocycles. The molecule has 0 N–H and O–H groups in total. The van der Waals surface area contributed by atoms with Crippen molar-refractivity contribution in [1.29, 1.82) is 0 Å². The Kier molecular flexibility index (Phi) is 7.20. The molecule has 0 bridgehead atoms. The molecule has 0 aliphatic heterocycles. The lowest BCUT2D eigenvalue weighted by Crippen LogP contribution is -2.02. The molecule has 56 heavy (non-hydrogen) atoms. The molecule has 0 nitrogen and oxygen atoms in total. The molecule has 0 amide bonds. The first-order valence-electron chi connectivity index (χ1n) is 19.4. The van der Waals surface area contributed by atoms with Gasteiger partial charge in [-0.05, 0) is 95.4 Å². The summed E-state index contributed by atoms with van der Waals surface area (Å²) in [5.41, 5.74) is 10.5. The van der Waals surface area contributed by atoms with Crippen LogP contribution in [0.4, 0.5) is 0 Å². The molecule has 0 radical (unpaired) electrons. The average Bonchev–Trinajstić information content (AvgIpc) is 3.86. The van der Waals surface area contributed by atoms with Crippen LogP contribution in [0.3, 0.4) is 0 Å². The van der Waals surface area contributed by atoms with Crippen molar-refractivity contribution < 1.29 is 0 Å². The van der Waals surface area contributed by atoms with Crippen LogP contribution >= 0.6 is 22.7 Å². The molecule has 1 aliphatic rings. The van der Waals surface area contributed by atoms with Gasteiger partial charge >= 0.3 is 0 Å². The summed E-state index contributed by atoms with van der Waals surface area (Å²) >= 11 is 3.91. The third-order valence-electron chi connectivity index (χ3n) is 12.0. The van der Waals surface area contributed by atoms with Crippen molar-refractivity contribution in [1.82, 2.24) is 0 Å². The summed E-state index contributed by atoms with van der Waals surface area (Å²) in [5.74, 6) is 0.313. The highest BCUT2D eigenvalue weighted by atomic mass is 32.1. The van der Waals surface area contributed by atoms with Crippen molar-refractivity contribution in [2.24, 2.45) is 0 Å². The van der Waals surface area contributed by atoms with Crippen molar-refractivity contribution in [2.75, 3.05) is 0 Å². The lowest BCUT2D eigenvalue weighted by Gasteiger charge is -2.20. The molecule has 0 saturated heterocycles. The van der Waals surface area contributed by atoms with Gasteiger partial charge in [-0.25, -0.2) is 0 Å². The summed E-state index contributed by atoms with van der Waals surface area (Å²) in [6.07, 6.45) is 5.78. The van der Waals surface area contributed by atoms with E-state index in [9.17, 15) is 0 Å². The predicted molar refractivity (Wildman–Crippen MR) is 245 cm³/mol. The molecule has 0 fully saturated rings. The Hall–Kier alpha value is -6.32. The van der Waals surface area contributed by atoms with Crippen molar-refractivity contribution in [2.45, 2.75) is 12.3 Å². The number of fused-ring (bicyclic) bond motifs is 12. The largest absolute Gasteiger partial charge is 0.138 e. The Balaban J connectivity index is 0.979. The first-order chi connectivity index (χ1) is 27.8. The number of hydrogen-bond acceptors (Lipinski definition) is 2. The first-order valence-corrected chi connectivity index (χ1v) is 21.1. The summed E-state index contributed by atoms with van der Waals surface area (Å²) in [4.78, 5) is 1.47. The number of allylic oxidation sites excluding steroid dienone is 1. The molecular formula is C54H34S2. The maximum Gasteiger partial charge on any atom is 0.0434 e. The topological polar surface area (TPSA) is 0 Å². The van der Waals surface area contributed by atoms with E-state index in [2.05, 4.69) is 188 Å². The van der Waals surface area contributed by atoms with Crippen LogP contribution in [0, 0.1) is 0 Å². The molecule has 2 heterocycles. The third-order valence-corrected chi connectivity index (χ3v) is 14.7. The van der Waals surface area contributed by atoms with Gasteiger partial charge in [0.05, 0.1) is 0 Å². The normalized spacial score (nSPS) is 14.1.